The number of carbonyl (C=O) groups excluding carboxylic acids is 1. The van der Waals surface area contributed by atoms with Gasteiger partial charge in [-0.1, -0.05) is 13.8 Å². The first-order valence-electron chi connectivity index (χ1n) is 3.76. The first kappa shape index (κ1) is 10.6. The summed E-state index contributed by atoms with van der Waals surface area (Å²) in [6.07, 6.45) is 0. The number of amides is 1. The molecule has 0 bridgehead atoms. The molecule has 1 aromatic rings. The summed E-state index contributed by atoms with van der Waals surface area (Å²) in [4.78, 5) is 10.7. The topological polar surface area (TPSA) is 68.0 Å². The molecule has 0 aliphatic carbocycles. The molecule has 0 aliphatic heterocycles. The Kier molecular flexibility index (Phi) is 4.67. The van der Waals surface area contributed by atoms with Gasteiger partial charge in [-0.3, -0.25) is 4.79 Å². The van der Waals surface area contributed by atoms with Crippen LogP contribution in [0.15, 0.2) is 4.42 Å². The zero-order chi connectivity index (χ0) is 9.56. The van der Waals surface area contributed by atoms with Gasteiger partial charge < -0.3 is 9.73 Å². The van der Waals surface area contributed by atoms with Crippen LogP contribution in [0.4, 0.5) is 0 Å². The maximum Gasteiger partial charge on any atom is 0.308 e. The molecule has 0 aromatic carbocycles. The number of nitrogens with one attached hydrogen (secondary N) is 1. The number of aromatic nitrogens is 2. The average Bonchev–Trinajstić information content (AvgIpc) is 2.54. The Hall–Kier alpha value is -1.39. The van der Waals surface area contributed by atoms with Gasteiger partial charge in [0.15, 0.2) is 0 Å². The third kappa shape index (κ3) is 2.69. The highest BCUT2D eigenvalue weighted by atomic mass is 16.4. The predicted molar refractivity (Wildman–Crippen MR) is 43.8 cm³/mol. The molecule has 1 aromatic heterocycles. The Balaban J connectivity index is 0.000000561. The maximum atomic E-state index is 10.7. The van der Waals surface area contributed by atoms with Gasteiger partial charge in [0.2, 0.25) is 5.89 Å². The highest BCUT2D eigenvalue weighted by Gasteiger charge is 2.09. The Bertz CT molecular complexity index is 245. The predicted octanol–water partition coefficient (Wildman–Crippen LogP) is 0.764. The van der Waals surface area contributed by atoms with Gasteiger partial charge in [0.05, 0.1) is 0 Å². The molecule has 5 heteroatoms. The van der Waals surface area contributed by atoms with Crippen molar-refractivity contribution in [2.75, 3.05) is 7.05 Å². The van der Waals surface area contributed by atoms with Gasteiger partial charge in [0, 0.05) is 14.0 Å². The van der Waals surface area contributed by atoms with E-state index < -0.39 is 0 Å². The van der Waals surface area contributed by atoms with Gasteiger partial charge in [-0.05, 0) is 0 Å². The fraction of sp³-hybridized carbons (Fsp3) is 0.571. The van der Waals surface area contributed by atoms with E-state index in [0.29, 0.717) is 5.89 Å². The Morgan fingerprint density at radius 2 is 2.00 bits per heavy atom. The summed E-state index contributed by atoms with van der Waals surface area (Å²) in [5, 5.41) is 9.33. The first-order valence-corrected chi connectivity index (χ1v) is 3.76. The molecule has 1 heterocycles. The third-order valence-corrected chi connectivity index (χ3v) is 0.947. The van der Waals surface area contributed by atoms with Crippen molar-refractivity contribution in [1.29, 1.82) is 0 Å². The van der Waals surface area contributed by atoms with Gasteiger partial charge in [-0.15, -0.1) is 10.2 Å². The van der Waals surface area contributed by atoms with Crippen LogP contribution in [0.25, 0.3) is 0 Å². The average molecular weight is 171 g/mol. The molecule has 0 radical (unpaired) electrons. The standard InChI is InChI=1S/C5H7N3O2.C2H6/c1-3-7-8-5(10-3)4(9)6-2;1-2/h1-2H3,(H,6,9);1-2H3. The highest BCUT2D eigenvalue weighted by Crippen LogP contribution is 1.95. The zero-order valence-electron chi connectivity index (χ0n) is 7.71. The molecule has 0 saturated heterocycles. The lowest BCUT2D eigenvalue weighted by Gasteiger charge is -1.87. The molecule has 0 saturated carbocycles. The number of hydrogen-bond acceptors (Lipinski definition) is 4. The molecular weight excluding hydrogens is 158 g/mol. The van der Waals surface area contributed by atoms with Crippen LogP contribution in [0.1, 0.15) is 30.4 Å². The molecule has 68 valence electrons. The lowest BCUT2D eigenvalue weighted by Crippen LogP contribution is -2.17. The van der Waals surface area contributed by atoms with Gasteiger partial charge in [-0.25, -0.2) is 0 Å². The van der Waals surface area contributed by atoms with Crippen LogP contribution in [0, 0.1) is 6.92 Å². The Morgan fingerprint density at radius 1 is 1.42 bits per heavy atom. The van der Waals surface area contributed by atoms with E-state index in [9.17, 15) is 4.79 Å². The van der Waals surface area contributed by atoms with Gasteiger partial charge in [-0.2, -0.15) is 0 Å². The normalized spacial score (nSPS) is 8.33. The van der Waals surface area contributed by atoms with Crippen molar-refractivity contribution in [3.63, 3.8) is 0 Å². The third-order valence-electron chi connectivity index (χ3n) is 0.947. The lowest BCUT2D eigenvalue weighted by molar-refractivity contribution is 0.0927. The van der Waals surface area contributed by atoms with Crippen LogP contribution in [0.5, 0.6) is 0 Å². The number of aryl methyl sites for hydroxylation is 1. The van der Waals surface area contributed by atoms with Crippen molar-refractivity contribution in [2.45, 2.75) is 20.8 Å². The summed E-state index contributed by atoms with van der Waals surface area (Å²) >= 11 is 0. The van der Waals surface area contributed by atoms with Crippen molar-refractivity contribution >= 4 is 5.91 Å². The fourth-order valence-corrected chi connectivity index (χ4v) is 0.495. The van der Waals surface area contributed by atoms with Crippen molar-refractivity contribution in [1.82, 2.24) is 15.5 Å². The fourth-order valence-electron chi connectivity index (χ4n) is 0.495. The summed E-state index contributed by atoms with van der Waals surface area (Å²) in [7, 11) is 1.50. The van der Waals surface area contributed by atoms with Crippen molar-refractivity contribution in [2.24, 2.45) is 0 Å². The minimum absolute atomic E-state index is 0.000000000000000222. The van der Waals surface area contributed by atoms with Gasteiger partial charge in [0.25, 0.3) is 0 Å². The van der Waals surface area contributed by atoms with Crippen molar-refractivity contribution < 1.29 is 9.21 Å². The van der Waals surface area contributed by atoms with Crippen LogP contribution in [-0.2, 0) is 0 Å². The number of hydrogen-bond donors (Lipinski definition) is 1. The van der Waals surface area contributed by atoms with Crippen LogP contribution in [0.2, 0.25) is 0 Å². The number of nitrogens with zero attached hydrogens (tertiary/aromatic N) is 2. The van der Waals surface area contributed by atoms with E-state index in [4.69, 9.17) is 4.42 Å². The summed E-state index contributed by atoms with van der Waals surface area (Å²) in [5.41, 5.74) is 0. The minimum atomic E-state index is -0.361. The quantitative estimate of drug-likeness (QED) is 0.677. The van der Waals surface area contributed by atoms with Crippen LogP contribution >= 0.6 is 0 Å². The van der Waals surface area contributed by atoms with Crippen LogP contribution < -0.4 is 5.32 Å². The molecule has 1 amide bonds. The van der Waals surface area contributed by atoms with Gasteiger partial charge in [0.1, 0.15) is 0 Å². The molecule has 12 heavy (non-hydrogen) atoms. The molecule has 0 atom stereocenters. The maximum absolute atomic E-state index is 10.7. The smallest absolute Gasteiger partial charge is 0.308 e. The summed E-state index contributed by atoms with van der Waals surface area (Å²) < 4.78 is 4.80. The molecule has 5 nitrogen and oxygen atoms in total. The molecule has 0 spiro atoms. The second-order valence-electron chi connectivity index (χ2n) is 1.71. The molecule has 1 N–H and O–H groups in total. The molecule has 0 aliphatic rings. The molecule has 0 fully saturated rings. The Labute approximate surface area is 71.2 Å². The molecule has 1 rings (SSSR count). The summed E-state index contributed by atoms with van der Waals surface area (Å²) in [6.45, 7) is 5.62. The number of rotatable bonds is 1. The number of carbonyl (C=O) groups is 1. The molecule has 0 unspecified atom stereocenters. The van der Waals surface area contributed by atoms with E-state index in [1.807, 2.05) is 13.8 Å². The van der Waals surface area contributed by atoms with E-state index in [1.165, 1.54) is 7.05 Å². The van der Waals surface area contributed by atoms with Gasteiger partial charge >= 0.3 is 11.8 Å². The van der Waals surface area contributed by atoms with E-state index in [-0.39, 0.29) is 11.8 Å². The summed E-state index contributed by atoms with van der Waals surface area (Å²) in [6, 6.07) is 0. The van der Waals surface area contributed by atoms with E-state index >= 15 is 0 Å². The van der Waals surface area contributed by atoms with Crippen LogP contribution in [-0.4, -0.2) is 23.2 Å². The second-order valence-corrected chi connectivity index (χ2v) is 1.71. The van der Waals surface area contributed by atoms with E-state index in [0.717, 1.165) is 0 Å². The zero-order valence-corrected chi connectivity index (χ0v) is 7.71. The highest BCUT2D eigenvalue weighted by molar-refractivity contribution is 5.88. The minimum Gasteiger partial charge on any atom is -0.417 e. The largest absolute Gasteiger partial charge is 0.417 e. The SMILES string of the molecule is CC.CNC(=O)c1nnc(C)o1. The van der Waals surface area contributed by atoms with Crippen LogP contribution in [0.3, 0.4) is 0 Å². The molecular formula is C7H13N3O2. The Morgan fingerprint density at radius 3 is 2.33 bits per heavy atom. The van der Waals surface area contributed by atoms with Crippen molar-refractivity contribution in [3.8, 4) is 0 Å². The monoisotopic (exact) mass is 171 g/mol. The summed E-state index contributed by atoms with van der Waals surface area (Å²) in [5.74, 6) is 0.0270. The first-order chi connectivity index (χ1) is 5.74. The van der Waals surface area contributed by atoms with E-state index in [2.05, 4.69) is 15.5 Å². The second kappa shape index (κ2) is 5.29. The lowest BCUT2D eigenvalue weighted by atomic mass is 10.6. The van der Waals surface area contributed by atoms with Crippen molar-refractivity contribution in [3.05, 3.63) is 11.8 Å². The van der Waals surface area contributed by atoms with E-state index in [1.54, 1.807) is 6.92 Å².